The smallest absolute Gasteiger partial charge is 0.0794 e. The Morgan fingerprint density at radius 1 is 1.69 bits per heavy atom. The Kier molecular flexibility index (Phi) is 4.66. The number of hydrogen-bond donors (Lipinski definition) is 2. The van der Waals surface area contributed by atoms with E-state index in [0.717, 1.165) is 19.6 Å². The summed E-state index contributed by atoms with van der Waals surface area (Å²) in [6, 6.07) is 0.659. The quantitative estimate of drug-likeness (QED) is 0.797. The highest BCUT2D eigenvalue weighted by atomic mass is 35.5. The first-order valence-electron chi connectivity index (χ1n) is 4.26. The molecule has 3 nitrogen and oxygen atoms in total. The van der Waals surface area contributed by atoms with Crippen molar-refractivity contribution >= 4 is 23.7 Å². The number of rotatable bonds is 3. The van der Waals surface area contributed by atoms with E-state index in [1.54, 1.807) is 11.3 Å². The second kappa shape index (κ2) is 5.54. The average Bonchev–Trinajstić information content (AvgIpc) is 2.74. The molecule has 74 valence electrons. The fourth-order valence-electron chi connectivity index (χ4n) is 1.40. The third-order valence-electron chi connectivity index (χ3n) is 2.11. The van der Waals surface area contributed by atoms with E-state index in [-0.39, 0.29) is 12.4 Å². The predicted octanol–water partition coefficient (Wildman–Crippen LogP) is 1.02. The minimum Gasteiger partial charge on any atom is -0.315 e. The van der Waals surface area contributed by atoms with Crippen molar-refractivity contribution in [2.45, 2.75) is 19.0 Å². The van der Waals surface area contributed by atoms with Crippen LogP contribution in [-0.4, -0.2) is 24.1 Å². The van der Waals surface area contributed by atoms with Crippen LogP contribution in [0.3, 0.4) is 0 Å². The number of thiazole rings is 1. The lowest BCUT2D eigenvalue weighted by molar-refractivity contribution is 0.550. The van der Waals surface area contributed by atoms with Crippen LogP contribution in [0.1, 0.15) is 11.3 Å². The molecule has 0 amide bonds. The second-order valence-electron chi connectivity index (χ2n) is 3.04. The van der Waals surface area contributed by atoms with Crippen molar-refractivity contribution in [1.29, 1.82) is 0 Å². The fourth-order valence-corrected chi connectivity index (χ4v) is 1.95. The summed E-state index contributed by atoms with van der Waals surface area (Å²) in [6.45, 7) is 3.23. The SMILES string of the molecule is Cl.c1ncc(CNC2CCNC2)s1. The van der Waals surface area contributed by atoms with Crippen LogP contribution in [0.15, 0.2) is 11.7 Å². The Labute approximate surface area is 88.4 Å². The lowest BCUT2D eigenvalue weighted by Crippen LogP contribution is -2.30. The van der Waals surface area contributed by atoms with Crippen molar-refractivity contribution in [3.63, 3.8) is 0 Å². The lowest BCUT2D eigenvalue weighted by Gasteiger charge is -2.08. The van der Waals surface area contributed by atoms with E-state index in [1.165, 1.54) is 11.3 Å². The van der Waals surface area contributed by atoms with E-state index < -0.39 is 0 Å². The van der Waals surface area contributed by atoms with Crippen LogP contribution >= 0.6 is 23.7 Å². The van der Waals surface area contributed by atoms with Crippen LogP contribution in [0, 0.1) is 0 Å². The molecule has 1 aromatic rings. The summed E-state index contributed by atoms with van der Waals surface area (Å²) in [5, 5.41) is 6.82. The Morgan fingerprint density at radius 3 is 3.23 bits per heavy atom. The highest BCUT2D eigenvalue weighted by molar-refractivity contribution is 7.09. The van der Waals surface area contributed by atoms with E-state index >= 15 is 0 Å². The first-order chi connectivity index (χ1) is 5.95. The Balaban J connectivity index is 0.000000845. The van der Waals surface area contributed by atoms with Crippen LogP contribution in [0.2, 0.25) is 0 Å². The molecular formula is C8H14ClN3S. The molecule has 1 unspecified atom stereocenters. The van der Waals surface area contributed by atoms with Crippen molar-refractivity contribution in [3.8, 4) is 0 Å². The summed E-state index contributed by atoms with van der Waals surface area (Å²) in [5.41, 5.74) is 1.88. The van der Waals surface area contributed by atoms with E-state index in [4.69, 9.17) is 0 Å². The maximum Gasteiger partial charge on any atom is 0.0794 e. The van der Waals surface area contributed by atoms with Gasteiger partial charge in [-0.2, -0.15) is 0 Å². The van der Waals surface area contributed by atoms with Crippen LogP contribution in [-0.2, 0) is 6.54 Å². The van der Waals surface area contributed by atoms with Gasteiger partial charge in [0.25, 0.3) is 0 Å². The van der Waals surface area contributed by atoms with E-state index in [9.17, 15) is 0 Å². The zero-order valence-corrected chi connectivity index (χ0v) is 8.96. The van der Waals surface area contributed by atoms with Crippen LogP contribution in [0.4, 0.5) is 0 Å². The van der Waals surface area contributed by atoms with Gasteiger partial charge in [0.1, 0.15) is 0 Å². The minimum atomic E-state index is 0. The van der Waals surface area contributed by atoms with Gasteiger partial charge < -0.3 is 10.6 Å². The lowest BCUT2D eigenvalue weighted by atomic mass is 10.2. The van der Waals surface area contributed by atoms with Crippen molar-refractivity contribution in [2.75, 3.05) is 13.1 Å². The molecule has 1 saturated heterocycles. The summed E-state index contributed by atoms with van der Waals surface area (Å²) < 4.78 is 0. The first kappa shape index (κ1) is 10.9. The molecule has 1 aliphatic heterocycles. The number of aromatic nitrogens is 1. The molecule has 1 fully saturated rings. The zero-order chi connectivity index (χ0) is 8.23. The average molecular weight is 220 g/mol. The topological polar surface area (TPSA) is 37.0 Å². The molecule has 1 aliphatic rings. The van der Waals surface area contributed by atoms with Crippen LogP contribution in [0.25, 0.3) is 0 Å². The van der Waals surface area contributed by atoms with Crippen molar-refractivity contribution in [2.24, 2.45) is 0 Å². The van der Waals surface area contributed by atoms with Crippen LogP contribution in [0.5, 0.6) is 0 Å². The van der Waals surface area contributed by atoms with E-state index in [1.807, 2.05) is 11.7 Å². The molecule has 2 N–H and O–H groups in total. The number of nitrogens with one attached hydrogen (secondary N) is 2. The molecule has 0 aromatic carbocycles. The fraction of sp³-hybridized carbons (Fsp3) is 0.625. The summed E-state index contributed by atoms with van der Waals surface area (Å²) in [7, 11) is 0. The van der Waals surface area contributed by atoms with Gasteiger partial charge in [0.2, 0.25) is 0 Å². The molecule has 1 atom stereocenters. The highest BCUT2D eigenvalue weighted by Crippen LogP contribution is 2.06. The normalized spacial score (nSPS) is 21.4. The van der Waals surface area contributed by atoms with Crippen molar-refractivity contribution < 1.29 is 0 Å². The molecule has 2 rings (SSSR count). The molecule has 0 bridgehead atoms. The Bertz CT molecular complexity index is 221. The summed E-state index contributed by atoms with van der Waals surface area (Å²) in [5.74, 6) is 0. The minimum absolute atomic E-state index is 0. The number of nitrogens with zero attached hydrogens (tertiary/aromatic N) is 1. The van der Waals surface area contributed by atoms with Gasteiger partial charge in [-0.05, 0) is 13.0 Å². The Hall–Kier alpha value is -0.160. The zero-order valence-electron chi connectivity index (χ0n) is 7.32. The molecule has 5 heteroatoms. The van der Waals surface area contributed by atoms with Gasteiger partial charge in [-0.15, -0.1) is 23.7 Å². The maximum atomic E-state index is 4.03. The maximum absolute atomic E-state index is 4.03. The van der Waals surface area contributed by atoms with Crippen molar-refractivity contribution in [3.05, 3.63) is 16.6 Å². The molecule has 2 heterocycles. The van der Waals surface area contributed by atoms with Gasteiger partial charge in [0.15, 0.2) is 0 Å². The molecule has 0 radical (unpaired) electrons. The van der Waals surface area contributed by atoms with Gasteiger partial charge >= 0.3 is 0 Å². The summed E-state index contributed by atoms with van der Waals surface area (Å²) >= 11 is 1.71. The van der Waals surface area contributed by atoms with Gasteiger partial charge in [-0.3, -0.25) is 4.98 Å². The van der Waals surface area contributed by atoms with Gasteiger partial charge in [0, 0.05) is 30.2 Å². The third kappa shape index (κ3) is 3.23. The first-order valence-corrected chi connectivity index (χ1v) is 5.14. The number of hydrogen-bond acceptors (Lipinski definition) is 4. The molecular weight excluding hydrogens is 206 g/mol. The molecule has 13 heavy (non-hydrogen) atoms. The molecule has 0 spiro atoms. The monoisotopic (exact) mass is 219 g/mol. The van der Waals surface area contributed by atoms with Gasteiger partial charge in [-0.1, -0.05) is 0 Å². The van der Waals surface area contributed by atoms with Gasteiger partial charge in [-0.25, -0.2) is 0 Å². The third-order valence-corrected chi connectivity index (χ3v) is 2.89. The summed E-state index contributed by atoms with van der Waals surface area (Å²) in [6.07, 6.45) is 3.18. The van der Waals surface area contributed by atoms with Gasteiger partial charge in [0.05, 0.1) is 5.51 Å². The standard InChI is InChI=1S/C8H13N3S.ClH/c1-2-9-3-7(1)11-5-8-4-10-6-12-8;/h4,6-7,9,11H,1-3,5H2;1H. The summed E-state index contributed by atoms with van der Waals surface area (Å²) in [4.78, 5) is 5.35. The van der Waals surface area contributed by atoms with E-state index in [0.29, 0.717) is 6.04 Å². The van der Waals surface area contributed by atoms with Crippen LogP contribution < -0.4 is 10.6 Å². The predicted molar refractivity (Wildman–Crippen MR) is 57.5 cm³/mol. The second-order valence-corrected chi connectivity index (χ2v) is 4.01. The Morgan fingerprint density at radius 2 is 2.62 bits per heavy atom. The largest absolute Gasteiger partial charge is 0.315 e. The molecule has 0 aliphatic carbocycles. The highest BCUT2D eigenvalue weighted by Gasteiger charge is 2.12. The molecule has 0 saturated carbocycles. The number of halogens is 1. The van der Waals surface area contributed by atoms with Crippen molar-refractivity contribution in [1.82, 2.24) is 15.6 Å². The van der Waals surface area contributed by atoms with E-state index in [2.05, 4.69) is 15.6 Å². The molecule has 1 aromatic heterocycles.